The number of carbonyl (C=O) groups is 2. The van der Waals surface area contributed by atoms with Gasteiger partial charge in [-0.2, -0.15) is 0 Å². The molecule has 0 unspecified atom stereocenters. The lowest BCUT2D eigenvalue weighted by atomic mass is 9.97. The quantitative estimate of drug-likeness (QED) is 0.670. The summed E-state index contributed by atoms with van der Waals surface area (Å²) in [6.45, 7) is 7.22. The van der Waals surface area contributed by atoms with Gasteiger partial charge in [-0.3, -0.25) is 9.59 Å². The van der Waals surface area contributed by atoms with Gasteiger partial charge in [-0.15, -0.1) is 0 Å². The second kappa shape index (κ2) is 8.15. The summed E-state index contributed by atoms with van der Waals surface area (Å²) >= 11 is 0. The zero-order chi connectivity index (χ0) is 21.3. The summed E-state index contributed by atoms with van der Waals surface area (Å²) in [6.07, 6.45) is 0.818. The van der Waals surface area contributed by atoms with Crippen molar-refractivity contribution in [3.05, 3.63) is 99.6 Å². The Hall–Kier alpha value is -3.40. The average Bonchev–Trinajstić information content (AvgIpc) is 2.72. The summed E-state index contributed by atoms with van der Waals surface area (Å²) in [5.41, 5.74) is 7.60. The second-order valence-electron chi connectivity index (χ2n) is 8.05. The van der Waals surface area contributed by atoms with Gasteiger partial charge in [0, 0.05) is 29.9 Å². The number of rotatable bonds is 3. The summed E-state index contributed by atoms with van der Waals surface area (Å²) < 4.78 is 0. The van der Waals surface area contributed by atoms with Gasteiger partial charge < -0.3 is 10.2 Å². The molecule has 4 heteroatoms. The van der Waals surface area contributed by atoms with E-state index in [1.807, 2.05) is 80.3 Å². The van der Waals surface area contributed by atoms with Crippen LogP contribution in [-0.2, 0) is 13.0 Å². The van der Waals surface area contributed by atoms with Crippen LogP contribution >= 0.6 is 0 Å². The zero-order valence-electron chi connectivity index (χ0n) is 17.7. The van der Waals surface area contributed by atoms with E-state index in [4.69, 9.17) is 0 Å². The molecular weight excluding hydrogens is 372 g/mol. The van der Waals surface area contributed by atoms with E-state index in [1.165, 1.54) is 5.56 Å². The summed E-state index contributed by atoms with van der Waals surface area (Å²) in [6, 6.07) is 19.4. The SMILES string of the molecule is Cc1cc(C)c(C(=O)Nc2ccc3c(c2)CN(C(=O)c2ccccc2)CC3)c(C)c1. The van der Waals surface area contributed by atoms with Crippen molar-refractivity contribution in [3.8, 4) is 0 Å². The summed E-state index contributed by atoms with van der Waals surface area (Å²) in [5, 5.41) is 3.04. The van der Waals surface area contributed by atoms with Crippen LogP contribution in [0.2, 0.25) is 0 Å². The van der Waals surface area contributed by atoms with E-state index in [0.29, 0.717) is 18.7 Å². The Bertz CT molecular complexity index is 1100. The topological polar surface area (TPSA) is 49.4 Å². The number of anilines is 1. The minimum atomic E-state index is -0.0991. The van der Waals surface area contributed by atoms with E-state index in [1.54, 1.807) is 0 Å². The predicted octanol–water partition coefficient (Wildman–Crippen LogP) is 5.06. The molecule has 0 radical (unpaired) electrons. The summed E-state index contributed by atoms with van der Waals surface area (Å²) in [4.78, 5) is 27.6. The molecule has 0 aliphatic carbocycles. The highest BCUT2D eigenvalue weighted by atomic mass is 16.2. The maximum absolute atomic E-state index is 12.9. The monoisotopic (exact) mass is 398 g/mol. The summed E-state index contributed by atoms with van der Waals surface area (Å²) in [5.74, 6) is -0.0560. The first-order chi connectivity index (χ1) is 14.4. The van der Waals surface area contributed by atoms with Crippen LogP contribution in [-0.4, -0.2) is 23.3 Å². The lowest BCUT2D eigenvalue weighted by molar-refractivity contribution is 0.0734. The Morgan fingerprint density at radius 2 is 1.57 bits per heavy atom. The Balaban J connectivity index is 1.53. The Labute approximate surface area is 177 Å². The molecule has 152 valence electrons. The molecule has 3 aromatic carbocycles. The third-order valence-corrected chi connectivity index (χ3v) is 5.69. The Morgan fingerprint density at radius 1 is 0.867 bits per heavy atom. The van der Waals surface area contributed by atoms with Crippen molar-refractivity contribution in [2.24, 2.45) is 0 Å². The molecule has 30 heavy (non-hydrogen) atoms. The lowest BCUT2D eigenvalue weighted by Gasteiger charge is -2.29. The lowest BCUT2D eigenvalue weighted by Crippen LogP contribution is -2.36. The molecule has 3 aromatic rings. The number of fused-ring (bicyclic) bond motifs is 1. The molecule has 1 heterocycles. The van der Waals surface area contributed by atoms with Gasteiger partial charge >= 0.3 is 0 Å². The maximum atomic E-state index is 12.9. The van der Waals surface area contributed by atoms with Gasteiger partial charge in [-0.05, 0) is 73.7 Å². The van der Waals surface area contributed by atoms with Crippen LogP contribution in [0.25, 0.3) is 0 Å². The maximum Gasteiger partial charge on any atom is 0.256 e. The Morgan fingerprint density at radius 3 is 2.27 bits per heavy atom. The van der Waals surface area contributed by atoms with Gasteiger partial charge in [0.15, 0.2) is 0 Å². The molecule has 0 fully saturated rings. The number of hydrogen-bond donors (Lipinski definition) is 1. The highest BCUT2D eigenvalue weighted by Gasteiger charge is 2.22. The number of nitrogens with zero attached hydrogens (tertiary/aromatic N) is 1. The van der Waals surface area contributed by atoms with Crippen LogP contribution in [0.5, 0.6) is 0 Å². The van der Waals surface area contributed by atoms with E-state index in [9.17, 15) is 9.59 Å². The van der Waals surface area contributed by atoms with E-state index < -0.39 is 0 Å². The number of carbonyl (C=O) groups excluding carboxylic acids is 2. The Kier molecular flexibility index (Phi) is 5.40. The molecular formula is C26H26N2O2. The molecule has 1 aliphatic rings. The fraction of sp³-hybridized carbons (Fsp3) is 0.231. The molecule has 0 saturated carbocycles. The number of hydrogen-bond acceptors (Lipinski definition) is 2. The van der Waals surface area contributed by atoms with Gasteiger partial charge in [-0.25, -0.2) is 0 Å². The summed E-state index contributed by atoms with van der Waals surface area (Å²) in [7, 11) is 0. The first-order valence-electron chi connectivity index (χ1n) is 10.3. The van der Waals surface area contributed by atoms with Crippen LogP contribution in [0.1, 0.15) is 48.5 Å². The molecule has 1 aliphatic heterocycles. The van der Waals surface area contributed by atoms with Crippen LogP contribution in [0.15, 0.2) is 60.7 Å². The third kappa shape index (κ3) is 3.99. The van der Waals surface area contributed by atoms with Crippen molar-refractivity contribution in [2.75, 3.05) is 11.9 Å². The molecule has 2 amide bonds. The molecule has 0 bridgehead atoms. The first-order valence-corrected chi connectivity index (χ1v) is 10.3. The van der Waals surface area contributed by atoms with E-state index in [0.717, 1.165) is 39.9 Å². The standard InChI is InChI=1S/C26H26N2O2/c1-17-13-18(2)24(19(3)14-17)25(29)27-23-10-9-20-11-12-28(16-22(20)15-23)26(30)21-7-5-4-6-8-21/h4-10,13-15H,11-12,16H2,1-3H3,(H,27,29). The highest BCUT2D eigenvalue weighted by Crippen LogP contribution is 2.25. The zero-order valence-corrected chi connectivity index (χ0v) is 17.7. The first kappa shape index (κ1) is 19.9. The van der Waals surface area contributed by atoms with Gasteiger partial charge in [0.05, 0.1) is 0 Å². The molecule has 0 atom stereocenters. The highest BCUT2D eigenvalue weighted by molar-refractivity contribution is 6.06. The smallest absolute Gasteiger partial charge is 0.256 e. The van der Waals surface area contributed by atoms with Crippen molar-refractivity contribution in [1.29, 1.82) is 0 Å². The number of nitrogens with one attached hydrogen (secondary N) is 1. The second-order valence-corrected chi connectivity index (χ2v) is 8.05. The number of benzene rings is 3. The van der Waals surface area contributed by atoms with Crippen LogP contribution in [0, 0.1) is 20.8 Å². The van der Waals surface area contributed by atoms with Crippen molar-refractivity contribution >= 4 is 17.5 Å². The molecule has 0 spiro atoms. The van der Waals surface area contributed by atoms with Gasteiger partial charge in [0.25, 0.3) is 11.8 Å². The average molecular weight is 399 g/mol. The predicted molar refractivity (Wildman–Crippen MR) is 120 cm³/mol. The van der Waals surface area contributed by atoms with E-state index in [2.05, 4.69) is 11.4 Å². The number of aryl methyl sites for hydroxylation is 3. The molecule has 0 aromatic heterocycles. The third-order valence-electron chi connectivity index (χ3n) is 5.69. The fourth-order valence-electron chi connectivity index (χ4n) is 4.30. The molecule has 4 rings (SSSR count). The van der Waals surface area contributed by atoms with Crippen molar-refractivity contribution in [2.45, 2.75) is 33.7 Å². The minimum absolute atomic E-state index is 0.0431. The number of amides is 2. The van der Waals surface area contributed by atoms with Crippen LogP contribution < -0.4 is 5.32 Å². The van der Waals surface area contributed by atoms with Gasteiger partial charge in [-0.1, -0.05) is 42.0 Å². The van der Waals surface area contributed by atoms with Crippen molar-refractivity contribution < 1.29 is 9.59 Å². The van der Waals surface area contributed by atoms with Crippen LogP contribution in [0.4, 0.5) is 5.69 Å². The molecule has 1 N–H and O–H groups in total. The normalized spacial score (nSPS) is 13.0. The molecule has 0 saturated heterocycles. The molecule has 4 nitrogen and oxygen atoms in total. The van der Waals surface area contributed by atoms with Crippen molar-refractivity contribution in [1.82, 2.24) is 4.90 Å². The minimum Gasteiger partial charge on any atom is -0.334 e. The van der Waals surface area contributed by atoms with Gasteiger partial charge in [0.2, 0.25) is 0 Å². The van der Waals surface area contributed by atoms with Gasteiger partial charge in [0.1, 0.15) is 0 Å². The van der Waals surface area contributed by atoms with Crippen LogP contribution in [0.3, 0.4) is 0 Å². The van der Waals surface area contributed by atoms with E-state index >= 15 is 0 Å². The largest absolute Gasteiger partial charge is 0.334 e. The van der Waals surface area contributed by atoms with Crippen molar-refractivity contribution in [3.63, 3.8) is 0 Å². The van der Waals surface area contributed by atoms with E-state index in [-0.39, 0.29) is 11.8 Å². The fourth-order valence-corrected chi connectivity index (χ4v) is 4.30.